The average Bonchev–Trinajstić information content (AvgIpc) is 2.41. The molecule has 1 aliphatic rings. The normalized spacial score (nSPS) is 19.4. The summed E-state index contributed by atoms with van der Waals surface area (Å²) in [4.78, 5) is 9.85. The fourth-order valence-corrected chi connectivity index (χ4v) is 4.56. The summed E-state index contributed by atoms with van der Waals surface area (Å²) in [5.74, 6) is -3.14. The Morgan fingerprint density at radius 2 is 2.10 bits per heavy atom. The van der Waals surface area contributed by atoms with E-state index in [1.807, 2.05) is 0 Å². The lowest BCUT2D eigenvalue weighted by Crippen LogP contribution is -2.38. The molecule has 1 aromatic rings. The van der Waals surface area contributed by atoms with Crippen LogP contribution in [0.2, 0.25) is 0 Å². The molecule has 1 aromatic carbocycles. The summed E-state index contributed by atoms with van der Waals surface area (Å²) in [6, 6.07) is 0.705. The van der Waals surface area contributed by atoms with E-state index in [0.717, 1.165) is 12.2 Å². The van der Waals surface area contributed by atoms with Gasteiger partial charge in [-0.15, -0.1) is 0 Å². The number of rotatable bonds is 4. The van der Waals surface area contributed by atoms with Crippen molar-refractivity contribution < 1.29 is 27.1 Å². The van der Waals surface area contributed by atoms with E-state index >= 15 is 0 Å². The molecule has 9 heteroatoms. The maximum atomic E-state index is 13.7. The van der Waals surface area contributed by atoms with Crippen molar-refractivity contribution >= 4 is 27.8 Å². The largest absolute Gasteiger partial charge is 0.478 e. The maximum Gasteiger partial charge on any atom is 0.335 e. The lowest BCUT2D eigenvalue weighted by molar-refractivity contribution is 0.0696. The van der Waals surface area contributed by atoms with Crippen molar-refractivity contribution in [1.29, 1.82) is 0 Å². The second-order valence-corrected chi connectivity index (χ2v) is 7.44. The highest BCUT2D eigenvalue weighted by Crippen LogP contribution is 2.23. The summed E-state index contributed by atoms with van der Waals surface area (Å²) >= 11 is 1.57. The monoisotopic (exact) mass is 337 g/mol. The van der Waals surface area contributed by atoms with E-state index in [1.54, 1.807) is 11.8 Å². The van der Waals surface area contributed by atoms with Gasteiger partial charge in [0.2, 0.25) is 10.0 Å². The van der Waals surface area contributed by atoms with Gasteiger partial charge in [0.1, 0.15) is 4.90 Å². The van der Waals surface area contributed by atoms with Gasteiger partial charge in [-0.2, -0.15) is 11.8 Å². The number of carboxylic acid groups (broad SMARTS) is 1. The number of carboxylic acids is 1. The van der Waals surface area contributed by atoms with E-state index in [-0.39, 0.29) is 6.04 Å². The predicted molar refractivity (Wildman–Crippen MR) is 74.0 cm³/mol. The van der Waals surface area contributed by atoms with Crippen molar-refractivity contribution in [2.75, 3.05) is 11.5 Å². The number of sulfonamides is 1. The van der Waals surface area contributed by atoms with E-state index in [4.69, 9.17) is 5.11 Å². The van der Waals surface area contributed by atoms with Crippen molar-refractivity contribution in [3.05, 3.63) is 29.3 Å². The number of hydrogen-bond donors (Lipinski definition) is 2. The zero-order chi connectivity index (χ0) is 15.6. The maximum absolute atomic E-state index is 13.7. The van der Waals surface area contributed by atoms with Gasteiger partial charge in [0, 0.05) is 11.8 Å². The smallest absolute Gasteiger partial charge is 0.335 e. The van der Waals surface area contributed by atoms with Crippen molar-refractivity contribution in [2.45, 2.75) is 23.8 Å². The molecule has 0 amide bonds. The quantitative estimate of drug-likeness (QED) is 0.876. The molecular formula is C12H13F2NO4S2. The number of thioether (sulfide) groups is 1. The molecule has 1 aliphatic heterocycles. The number of carbonyl (C=O) groups is 1. The van der Waals surface area contributed by atoms with Crippen molar-refractivity contribution in [1.82, 2.24) is 4.72 Å². The number of hydrogen-bond acceptors (Lipinski definition) is 4. The summed E-state index contributed by atoms with van der Waals surface area (Å²) in [5.41, 5.74) is -0.618. The third kappa shape index (κ3) is 3.72. The van der Waals surface area contributed by atoms with E-state index < -0.39 is 38.1 Å². The van der Waals surface area contributed by atoms with E-state index in [2.05, 4.69) is 4.72 Å². The standard InChI is InChI=1S/C12H13F2NO4S2/c13-9-4-7(12(16)17)5-10(11(9)14)21(18,19)15-8-2-1-3-20-6-8/h4-5,8,15H,1-3,6H2,(H,16,17). The number of benzene rings is 1. The van der Waals surface area contributed by atoms with Crippen LogP contribution in [-0.4, -0.2) is 37.0 Å². The molecule has 0 spiro atoms. The Bertz CT molecular complexity index is 657. The minimum Gasteiger partial charge on any atom is -0.478 e. The fourth-order valence-electron chi connectivity index (χ4n) is 2.00. The zero-order valence-electron chi connectivity index (χ0n) is 10.8. The summed E-state index contributed by atoms with van der Waals surface area (Å²) in [5, 5.41) is 8.80. The highest BCUT2D eigenvalue weighted by atomic mass is 32.2. The molecule has 0 aliphatic carbocycles. The summed E-state index contributed by atoms with van der Waals surface area (Å²) in [6.45, 7) is 0. The summed E-state index contributed by atoms with van der Waals surface area (Å²) in [6.07, 6.45) is 1.43. The lowest BCUT2D eigenvalue weighted by atomic mass is 10.2. The van der Waals surface area contributed by atoms with Crippen molar-refractivity contribution in [3.63, 3.8) is 0 Å². The molecule has 0 bridgehead atoms. The molecule has 0 saturated carbocycles. The van der Waals surface area contributed by atoms with Gasteiger partial charge in [-0.3, -0.25) is 0 Å². The van der Waals surface area contributed by atoms with Crippen LogP contribution >= 0.6 is 11.8 Å². The number of nitrogens with one attached hydrogen (secondary N) is 1. The molecule has 21 heavy (non-hydrogen) atoms. The molecule has 1 atom stereocenters. The number of aromatic carboxylic acids is 1. The SMILES string of the molecule is O=C(O)c1cc(F)c(F)c(S(=O)(=O)NC2CCCSC2)c1. The van der Waals surface area contributed by atoms with E-state index in [1.165, 1.54) is 0 Å². The molecule has 5 nitrogen and oxygen atoms in total. The Kier molecular flexibility index (Phi) is 4.84. The first-order valence-electron chi connectivity index (χ1n) is 6.13. The van der Waals surface area contributed by atoms with Crippen molar-refractivity contribution in [3.8, 4) is 0 Å². The molecule has 0 radical (unpaired) electrons. The van der Waals surface area contributed by atoms with Gasteiger partial charge in [0.15, 0.2) is 11.6 Å². The molecule has 1 heterocycles. The Morgan fingerprint density at radius 3 is 2.67 bits per heavy atom. The Morgan fingerprint density at radius 1 is 1.38 bits per heavy atom. The van der Waals surface area contributed by atoms with Gasteiger partial charge in [0.05, 0.1) is 5.56 Å². The Balaban J connectivity index is 2.36. The first kappa shape index (κ1) is 16.2. The topological polar surface area (TPSA) is 83.5 Å². The minimum atomic E-state index is -4.31. The van der Waals surface area contributed by atoms with Crippen LogP contribution in [0, 0.1) is 11.6 Å². The van der Waals surface area contributed by atoms with Crippen LogP contribution < -0.4 is 4.72 Å². The van der Waals surface area contributed by atoms with Gasteiger partial charge in [-0.1, -0.05) is 0 Å². The predicted octanol–water partition coefficient (Wildman–Crippen LogP) is 1.84. The van der Waals surface area contributed by atoms with Crippen LogP contribution in [-0.2, 0) is 10.0 Å². The highest BCUT2D eigenvalue weighted by Gasteiger charge is 2.27. The van der Waals surface area contributed by atoms with E-state index in [9.17, 15) is 22.0 Å². The van der Waals surface area contributed by atoms with Crippen LogP contribution in [0.4, 0.5) is 8.78 Å². The molecule has 0 aromatic heterocycles. The highest BCUT2D eigenvalue weighted by molar-refractivity contribution is 7.99. The van der Waals surface area contributed by atoms with Gasteiger partial charge in [0.25, 0.3) is 0 Å². The lowest BCUT2D eigenvalue weighted by Gasteiger charge is -2.22. The molecular weight excluding hydrogens is 324 g/mol. The molecule has 2 N–H and O–H groups in total. The van der Waals surface area contributed by atoms with Crippen LogP contribution in [0.25, 0.3) is 0 Å². The fraction of sp³-hybridized carbons (Fsp3) is 0.417. The zero-order valence-corrected chi connectivity index (χ0v) is 12.4. The van der Waals surface area contributed by atoms with Gasteiger partial charge in [-0.05, 0) is 30.7 Å². The Hall–Kier alpha value is -1.19. The molecule has 1 fully saturated rings. The van der Waals surface area contributed by atoms with Crippen LogP contribution in [0.3, 0.4) is 0 Å². The molecule has 2 rings (SSSR count). The second-order valence-electron chi connectivity index (χ2n) is 4.61. The first-order chi connectivity index (χ1) is 9.81. The van der Waals surface area contributed by atoms with Gasteiger partial charge >= 0.3 is 5.97 Å². The molecule has 1 unspecified atom stereocenters. The summed E-state index contributed by atoms with van der Waals surface area (Å²) < 4.78 is 53.6. The van der Waals surface area contributed by atoms with Crippen molar-refractivity contribution in [2.24, 2.45) is 0 Å². The summed E-state index contributed by atoms with van der Waals surface area (Å²) in [7, 11) is -4.31. The van der Waals surface area contributed by atoms with Crippen LogP contribution in [0.1, 0.15) is 23.2 Å². The Labute approximate surface area is 124 Å². The minimum absolute atomic E-state index is 0.371. The number of halogens is 2. The van der Waals surface area contributed by atoms with Gasteiger partial charge < -0.3 is 5.11 Å². The van der Waals surface area contributed by atoms with Crippen LogP contribution in [0.15, 0.2) is 17.0 Å². The van der Waals surface area contributed by atoms with Gasteiger partial charge in [-0.25, -0.2) is 26.7 Å². The third-order valence-electron chi connectivity index (χ3n) is 3.01. The molecule has 116 valence electrons. The van der Waals surface area contributed by atoms with E-state index in [0.29, 0.717) is 24.3 Å². The average molecular weight is 337 g/mol. The van der Waals surface area contributed by atoms with Crippen LogP contribution in [0.5, 0.6) is 0 Å². The molecule has 1 saturated heterocycles. The second kappa shape index (κ2) is 6.29. The first-order valence-corrected chi connectivity index (χ1v) is 8.77. The third-order valence-corrected chi connectivity index (χ3v) is 5.75.